The van der Waals surface area contributed by atoms with Gasteiger partial charge >= 0.3 is 0 Å². The minimum atomic E-state index is 0.0556. The van der Waals surface area contributed by atoms with Crippen molar-refractivity contribution in [3.63, 3.8) is 0 Å². The fraction of sp³-hybridized carbons (Fsp3) is 1.00. The minimum Gasteiger partial charge on any atom is -0.396 e. The Hall–Kier alpha value is -0.0800. The fourth-order valence-corrected chi connectivity index (χ4v) is 0.935. The van der Waals surface area contributed by atoms with Gasteiger partial charge in [-0.25, -0.2) is 0 Å². The second-order valence-electron chi connectivity index (χ2n) is 3.23. The molecule has 0 aliphatic carbocycles. The molecule has 10 heavy (non-hydrogen) atoms. The van der Waals surface area contributed by atoms with Crippen LogP contribution >= 0.6 is 0 Å². The first-order valence-corrected chi connectivity index (χ1v) is 3.85. The largest absolute Gasteiger partial charge is 0.396 e. The molecule has 62 valence electrons. The van der Waals surface area contributed by atoms with Crippen LogP contribution in [0, 0.1) is 17.8 Å². The Bertz CT molecular complexity index is 77.3. The third-order valence-electron chi connectivity index (χ3n) is 2.26. The summed E-state index contributed by atoms with van der Waals surface area (Å²) in [6.07, 6.45) is 0. The first kappa shape index (κ1) is 9.92. The second kappa shape index (κ2) is 4.69. The summed E-state index contributed by atoms with van der Waals surface area (Å²) in [7, 11) is 0. The molecule has 1 unspecified atom stereocenters. The molecule has 0 saturated carbocycles. The van der Waals surface area contributed by atoms with Crippen LogP contribution in [0.1, 0.15) is 20.8 Å². The van der Waals surface area contributed by atoms with Gasteiger partial charge in [0.15, 0.2) is 0 Å². The molecule has 0 aromatic heterocycles. The standard InChI is InChI=1S/C8H18O2/c1-6(2)7(3)8(4-9)5-10/h6-10H,4-5H2,1-3H3. The quantitative estimate of drug-likeness (QED) is 0.618. The van der Waals surface area contributed by atoms with Gasteiger partial charge in [0.25, 0.3) is 0 Å². The topological polar surface area (TPSA) is 40.5 Å². The van der Waals surface area contributed by atoms with Gasteiger partial charge in [0.05, 0.1) is 0 Å². The number of rotatable bonds is 4. The summed E-state index contributed by atoms with van der Waals surface area (Å²) in [6.45, 7) is 6.44. The van der Waals surface area contributed by atoms with E-state index in [1.54, 1.807) is 0 Å². The Balaban J connectivity index is 3.76. The third kappa shape index (κ3) is 2.67. The van der Waals surface area contributed by atoms with Crippen molar-refractivity contribution in [1.29, 1.82) is 0 Å². The number of aliphatic hydroxyl groups excluding tert-OH is 2. The maximum atomic E-state index is 8.79. The molecule has 0 bridgehead atoms. The Morgan fingerprint density at radius 3 is 1.50 bits per heavy atom. The van der Waals surface area contributed by atoms with Crippen molar-refractivity contribution in [3.05, 3.63) is 0 Å². The second-order valence-corrected chi connectivity index (χ2v) is 3.23. The lowest BCUT2D eigenvalue weighted by Crippen LogP contribution is -2.23. The Morgan fingerprint density at radius 1 is 1.00 bits per heavy atom. The van der Waals surface area contributed by atoms with E-state index in [0.717, 1.165) is 0 Å². The normalized spacial score (nSPS) is 14.7. The van der Waals surface area contributed by atoms with Gasteiger partial charge in [-0.05, 0) is 11.8 Å². The highest BCUT2D eigenvalue weighted by atomic mass is 16.3. The zero-order valence-electron chi connectivity index (χ0n) is 7.04. The van der Waals surface area contributed by atoms with Crippen LogP contribution in [0.3, 0.4) is 0 Å². The van der Waals surface area contributed by atoms with Crippen LogP contribution < -0.4 is 0 Å². The SMILES string of the molecule is CC(C)C(C)C(CO)CO. The van der Waals surface area contributed by atoms with Gasteiger partial charge < -0.3 is 10.2 Å². The number of aliphatic hydroxyl groups is 2. The van der Waals surface area contributed by atoms with Gasteiger partial charge in [-0.1, -0.05) is 20.8 Å². The fourth-order valence-electron chi connectivity index (χ4n) is 0.935. The lowest BCUT2D eigenvalue weighted by Gasteiger charge is -2.22. The summed E-state index contributed by atoms with van der Waals surface area (Å²) < 4.78 is 0. The van der Waals surface area contributed by atoms with Crippen LogP contribution in [0.5, 0.6) is 0 Å². The van der Waals surface area contributed by atoms with Gasteiger partial charge in [0.2, 0.25) is 0 Å². The van der Waals surface area contributed by atoms with Crippen LogP contribution in [-0.2, 0) is 0 Å². The summed E-state index contributed by atoms with van der Waals surface area (Å²) in [5, 5.41) is 17.6. The highest BCUT2D eigenvalue weighted by molar-refractivity contribution is 4.66. The van der Waals surface area contributed by atoms with E-state index in [-0.39, 0.29) is 19.1 Å². The molecule has 0 saturated heterocycles. The molecule has 0 heterocycles. The van der Waals surface area contributed by atoms with Gasteiger partial charge in [-0.2, -0.15) is 0 Å². The first-order valence-electron chi connectivity index (χ1n) is 3.85. The van der Waals surface area contributed by atoms with Crippen LogP contribution in [-0.4, -0.2) is 23.4 Å². The molecule has 0 amide bonds. The summed E-state index contributed by atoms with van der Waals surface area (Å²) in [6, 6.07) is 0. The van der Waals surface area contributed by atoms with E-state index in [1.807, 2.05) is 0 Å². The van der Waals surface area contributed by atoms with E-state index in [4.69, 9.17) is 10.2 Å². The van der Waals surface area contributed by atoms with Gasteiger partial charge in [0, 0.05) is 19.1 Å². The minimum absolute atomic E-state index is 0.0556. The maximum absolute atomic E-state index is 8.79. The van der Waals surface area contributed by atoms with Crippen molar-refractivity contribution in [2.75, 3.05) is 13.2 Å². The van der Waals surface area contributed by atoms with Crippen LogP contribution in [0.25, 0.3) is 0 Å². The van der Waals surface area contributed by atoms with Crippen molar-refractivity contribution in [2.45, 2.75) is 20.8 Å². The molecule has 0 rings (SSSR count). The molecule has 0 spiro atoms. The smallest absolute Gasteiger partial charge is 0.0483 e. The molecule has 0 aromatic carbocycles. The van der Waals surface area contributed by atoms with Crippen molar-refractivity contribution in [1.82, 2.24) is 0 Å². The molecule has 0 radical (unpaired) electrons. The molecular weight excluding hydrogens is 128 g/mol. The predicted octanol–water partition coefficient (Wildman–Crippen LogP) is 0.879. The summed E-state index contributed by atoms with van der Waals surface area (Å²) in [5.41, 5.74) is 0. The van der Waals surface area contributed by atoms with Crippen LogP contribution in [0.15, 0.2) is 0 Å². The third-order valence-corrected chi connectivity index (χ3v) is 2.26. The molecule has 2 heteroatoms. The van der Waals surface area contributed by atoms with E-state index in [0.29, 0.717) is 11.8 Å². The first-order chi connectivity index (χ1) is 4.63. The summed E-state index contributed by atoms with van der Waals surface area (Å²) in [5.74, 6) is 0.985. The summed E-state index contributed by atoms with van der Waals surface area (Å²) in [4.78, 5) is 0. The highest BCUT2D eigenvalue weighted by Crippen LogP contribution is 2.19. The van der Waals surface area contributed by atoms with Crippen molar-refractivity contribution in [2.24, 2.45) is 17.8 Å². The lowest BCUT2D eigenvalue weighted by atomic mass is 9.86. The van der Waals surface area contributed by atoms with E-state index < -0.39 is 0 Å². The van der Waals surface area contributed by atoms with E-state index in [9.17, 15) is 0 Å². The number of hydrogen-bond donors (Lipinski definition) is 2. The van der Waals surface area contributed by atoms with Crippen molar-refractivity contribution >= 4 is 0 Å². The average Bonchev–Trinajstić information content (AvgIpc) is 1.90. The van der Waals surface area contributed by atoms with E-state index in [1.165, 1.54) is 0 Å². The zero-order chi connectivity index (χ0) is 8.15. The van der Waals surface area contributed by atoms with E-state index in [2.05, 4.69) is 20.8 Å². The van der Waals surface area contributed by atoms with Crippen molar-refractivity contribution in [3.8, 4) is 0 Å². The predicted molar refractivity (Wildman–Crippen MR) is 41.7 cm³/mol. The average molecular weight is 146 g/mol. The molecule has 1 atom stereocenters. The van der Waals surface area contributed by atoms with Gasteiger partial charge in [0.1, 0.15) is 0 Å². The molecule has 0 aliphatic heterocycles. The Labute approximate surface area is 62.9 Å². The maximum Gasteiger partial charge on any atom is 0.0483 e. The summed E-state index contributed by atoms with van der Waals surface area (Å²) >= 11 is 0. The Morgan fingerprint density at radius 2 is 1.40 bits per heavy atom. The van der Waals surface area contributed by atoms with Gasteiger partial charge in [-0.3, -0.25) is 0 Å². The highest BCUT2D eigenvalue weighted by Gasteiger charge is 2.17. The number of hydrogen-bond acceptors (Lipinski definition) is 2. The van der Waals surface area contributed by atoms with Crippen LogP contribution in [0.2, 0.25) is 0 Å². The molecular formula is C8H18O2. The molecule has 2 nitrogen and oxygen atoms in total. The molecule has 0 aliphatic rings. The zero-order valence-corrected chi connectivity index (χ0v) is 7.04. The van der Waals surface area contributed by atoms with E-state index >= 15 is 0 Å². The van der Waals surface area contributed by atoms with Gasteiger partial charge in [-0.15, -0.1) is 0 Å². The molecule has 0 fully saturated rings. The lowest BCUT2D eigenvalue weighted by molar-refractivity contribution is 0.0940. The molecule has 0 aromatic rings. The Kier molecular flexibility index (Phi) is 4.65. The monoisotopic (exact) mass is 146 g/mol. The molecule has 2 N–H and O–H groups in total. The van der Waals surface area contributed by atoms with Crippen molar-refractivity contribution < 1.29 is 10.2 Å². The van der Waals surface area contributed by atoms with Crippen LogP contribution in [0.4, 0.5) is 0 Å².